The van der Waals surface area contributed by atoms with Gasteiger partial charge in [0.2, 0.25) is 0 Å². The van der Waals surface area contributed by atoms with Crippen molar-refractivity contribution >= 4 is 0 Å². The Hall–Kier alpha value is -0.120. The van der Waals surface area contributed by atoms with E-state index in [0.717, 1.165) is 31.5 Å². The first-order chi connectivity index (χ1) is 9.67. The predicted octanol–water partition coefficient (Wildman–Crippen LogP) is 3.54. The molecule has 1 heterocycles. The first-order valence-corrected chi connectivity index (χ1v) is 8.78. The Balaban J connectivity index is 2.52. The van der Waals surface area contributed by atoms with E-state index in [1.807, 2.05) is 0 Å². The minimum Gasteiger partial charge on any atom is -0.375 e. The van der Waals surface area contributed by atoms with E-state index < -0.39 is 0 Å². The van der Waals surface area contributed by atoms with Gasteiger partial charge in [-0.05, 0) is 45.4 Å². The molecule has 21 heavy (non-hydrogen) atoms. The first-order valence-electron chi connectivity index (χ1n) is 8.78. The molecule has 2 unspecified atom stereocenters. The summed E-state index contributed by atoms with van der Waals surface area (Å²) < 4.78 is 5.94. The lowest BCUT2D eigenvalue weighted by atomic mass is 9.95. The van der Waals surface area contributed by atoms with Crippen LogP contribution in [0.25, 0.3) is 0 Å². The standard InChI is InChI=1S/C18H38N2O/c1-14(2)10-16-13-20(8-9-21-18(5,6)7)17(12-19-16)11-15(3)4/h14-17,19H,8-13H2,1-7H3. The van der Waals surface area contributed by atoms with Gasteiger partial charge in [0.1, 0.15) is 0 Å². The average Bonchev–Trinajstić information content (AvgIpc) is 2.29. The van der Waals surface area contributed by atoms with Crippen LogP contribution < -0.4 is 5.32 Å². The summed E-state index contributed by atoms with van der Waals surface area (Å²) in [7, 11) is 0. The maximum atomic E-state index is 5.94. The largest absolute Gasteiger partial charge is 0.375 e. The molecule has 0 amide bonds. The Bertz CT molecular complexity index is 283. The Morgan fingerprint density at radius 3 is 2.24 bits per heavy atom. The van der Waals surface area contributed by atoms with Crippen molar-refractivity contribution in [3.8, 4) is 0 Å². The minimum atomic E-state index is -0.0289. The number of rotatable bonds is 7. The number of nitrogens with zero attached hydrogens (tertiary/aromatic N) is 1. The number of hydrogen-bond donors (Lipinski definition) is 1. The molecule has 1 fully saturated rings. The Labute approximate surface area is 132 Å². The highest BCUT2D eigenvalue weighted by atomic mass is 16.5. The summed E-state index contributed by atoms with van der Waals surface area (Å²) in [6, 6.07) is 1.31. The zero-order chi connectivity index (χ0) is 16.0. The number of nitrogens with one attached hydrogen (secondary N) is 1. The molecule has 0 spiro atoms. The van der Waals surface area contributed by atoms with Gasteiger partial charge in [-0.1, -0.05) is 27.7 Å². The van der Waals surface area contributed by atoms with Gasteiger partial charge in [0.15, 0.2) is 0 Å². The average molecular weight is 299 g/mol. The van der Waals surface area contributed by atoms with Gasteiger partial charge in [0.05, 0.1) is 12.2 Å². The van der Waals surface area contributed by atoms with E-state index >= 15 is 0 Å². The van der Waals surface area contributed by atoms with Crippen molar-refractivity contribution in [3.05, 3.63) is 0 Å². The molecule has 0 aromatic carbocycles. The molecular formula is C18H38N2O. The molecule has 3 nitrogen and oxygen atoms in total. The highest BCUT2D eigenvalue weighted by Gasteiger charge is 2.28. The molecule has 3 heteroatoms. The van der Waals surface area contributed by atoms with Crippen molar-refractivity contribution in [2.75, 3.05) is 26.2 Å². The first kappa shape index (κ1) is 18.9. The van der Waals surface area contributed by atoms with Crippen LogP contribution in [0.2, 0.25) is 0 Å². The van der Waals surface area contributed by atoms with Crippen LogP contribution >= 0.6 is 0 Å². The topological polar surface area (TPSA) is 24.5 Å². The van der Waals surface area contributed by atoms with Crippen molar-refractivity contribution in [3.63, 3.8) is 0 Å². The van der Waals surface area contributed by atoms with Crippen LogP contribution in [0, 0.1) is 11.8 Å². The summed E-state index contributed by atoms with van der Waals surface area (Å²) in [6.45, 7) is 19.9. The van der Waals surface area contributed by atoms with Crippen LogP contribution in [0.15, 0.2) is 0 Å². The van der Waals surface area contributed by atoms with Crippen molar-refractivity contribution in [2.45, 2.75) is 79.0 Å². The summed E-state index contributed by atoms with van der Waals surface area (Å²) in [5, 5.41) is 3.76. The lowest BCUT2D eigenvalue weighted by Gasteiger charge is -2.42. The fraction of sp³-hybridized carbons (Fsp3) is 1.00. The fourth-order valence-electron chi connectivity index (χ4n) is 3.17. The highest BCUT2D eigenvalue weighted by Crippen LogP contribution is 2.18. The zero-order valence-electron chi connectivity index (χ0n) is 15.4. The van der Waals surface area contributed by atoms with Crippen LogP contribution in [0.3, 0.4) is 0 Å². The third-order valence-corrected chi connectivity index (χ3v) is 4.03. The second-order valence-electron chi connectivity index (χ2n) is 8.47. The number of piperazine rings is 1. The molecule has 0 aromatic heterocycles. The van der Waals surface area contributed by atoms with Crippen molar-refractivity contribution in [2.24, 2.45) is 11.8 Å². The van der Waals surface area contributed by atoms with Crippen LogP contribution in [-0.4, -0.2) is 48.8 Å². The molecule has 1 saturated heterocycles. The monoisotopic (exact) mass is 298 g/mol. The van der Waals surface area contributed by atoms with Crippen LogP contribution in [0.4, 0.5) is 0 Å². The van der Waals surface area contributed by atoms with Gasteiger partial charge in [-0.15, -0.1) is 0 Å². The lowest BCUT2D eigenvalue weighted by molar-refractivity contribution is -0.0241. The molecule has 1 rings (SSSR count). The van der Waals surface area contributed by atoms with Gasteiger partial charge < -0.3 is 10.1 Å². The van der Waals surface area contributed by atoms with E-state index in [1.165, 1.54) is 19.4 Å². The molecule has 2 atom stereocenters. The van der Waals surface area contributed by atoms with Crippen LogP contribution in [-0.2, 0) is 4.74 Å². The number of hydrogen-bond acceptors (Lipinski definition) is 3. The van der Waals surface area contributed by atoms with Gasteiger partial charge >= 0.3 is 0 Å². The van der Waals surface area contributed by atoms with E-state index in [2.05, 4.69) is 58.7 Å². The summed E-state index contributed by atoms with van der Waals surface area (Å²) in [5.41, 5.74) is -0.0289. The molecule has 0 aromatic rings. The van der Waals surface area contributed by atoms with Crippen molar-refractivity contribution < 1.29 is 4.74 Å². The lowest BCUT2D eigenvalue weighted by Crippen LogP contribution is -2.57. The zero-order valence-corrected chi connectivity index (χ0v) is 15.4. The summed E-state index contributed by atoms with van der Waals surface area (Å²) in [5.74, 6) is 1.52. The van der Waals surface area contributed by atoms with E-state index in [-0.39, 0.29) is 5.60 Å². The van der Waals surface area contributed by atoms with E-state index in [0.29, 0.717) is 12.1 Å². The second kappa shape index (κ2) is 8.50. The van der Waals surface area contributed by atoms with Gasteiger partial charge in [-0.3, -0.25) is 4.90 Å². The van der Waals surface area contributed by atoms with Crippen molar-refractivity contribution in [1.82, 2.24) is 10.2 Å². The Kier molecular flexibility index (Phi) is 7.66. The van der Waals surface area contributed by atoms with Gasteiger partial charge in [-0.25, -0.2) is 0 Å². The normalized spacial score (nSPS) is 25.0. The quantitative estimate of drug-likeness (QED) is 0.778. The molecular weight excluding hydrogens is 260 g/mol. The molecule has 1 N–H and O–H groups in total. The number of ether oxygens (including phenoxy) is 1. The van der Waals surface area contributed by atoms with Gasteiger partial charge in [0.25, 0.3) is 0 Å². The van der Waals surface area contributed by atoms with E-state index in [1.54, 1.807) is 0 Å². The third-order valence-electron chi connectivity index (χ3n) is 4.03. The maximum absolute atomic E-state index is 5.94. The SMILES string of the molecule is CC(C)CC1CN(CCOC(C)(C)C)C(CC(C)C)CN1. The summed E-state index contributed by atoms with van der Waals surface area (Å²) >= 11 is 0. The predicted molar refractivity (Wildman–Crippen MR) is 91.8 cm³/mol. The highest BCUT2D eigenvalue weighted by molar-refractivity contribution is 4.87. The molecule has 126 valence electrons. The van der Waals surface area contributed by atoms with E-state index in [9.17, 15) is 0 Å². The summed E-state index contributed by atoms with van der Waals surface area (Å²) in [4.78, 5) is 2.66. The molecule has 0 bridgehead atoms. The molecule has 0 radical (unpaired) electrons. The van der Waals surface area contributed by atoms with Crippen LogP contribution in [0.1, 0.15) is 61.3 Å². The van der Waals surface area contributed by atoms with E-state index in [4.69, 9.17) is 4.74 Å². The Morgan fingerprint density at radius 1 is 1.10 bits per heavy atom. The smallest absolute Gasteiger partial charge is 0.0600 e. The molecule has 0 saturated carbocycles. The Morgan fingerprint density at radius 2 is 1.71 bits per heavy atom. The molecule has 1 aliphatic heterocycles. The molecule has 0 aliphatic carbocycles. The maximum Gasteiger partial charge on any atom is 0.0600 e. The third kappa shape index (κ3) is 8.18. The second-order valence-corrected chi connectivity index (χ2v) is 8.47. The fourth-order valence-corrected chi connectivity index (χ4v) is 3.17. The van der Waals surface area contributed by atoms with Crippen molar-refractivity contribution in [1.29, 1.82) is 0 Å². The van der Waals surface area contributed by atoms with Crippen LogP contribution in [0.5, 0.6) is 0 Å². The van der Waals surface area contributed by atoms with Gasteiger partial charge in [-0.2, -0.15) is 0 Å². The molecule has 1 aliphatic rings. The minimum absolute atomic E-state index is 0.0289. The summed E-state index contributed by atoms with van der Waals surface area (Å²) in [6.07, 6.45) is 2.54. The van der Waals surface area contributed by atoms with Gasteiger partial charge in [0, 0.05) is 31.7 Å².